The number of carbonyl (C=O) groups is 1. The Morgan fingerprint density at radius 1 is 1.33 bits per heavy atom. The average molecular weight is 373 g/mol. The summed E-state index contributed by atoms with van der Waals surface area (Å²) in [5.41, 5.74) is 3.11. The molecule has 9 nitrogen and oxygen atoms in total. The molecule has 0 aliphatic heterocycles. The minimum absolute atomic E-state index is 0.0759. The van der Waals surface area contributed by atoms with Crippen molar-refractivity contribution in [1.29, 1.82) is 0 Å². The number of phenolic OH excluding ortho intramolecular Hbond substituents is 1. The molecule has 0 fully saturated rings. The van der Waals surface area contributed by atoms with Crippen LogP contribution in [0, 0.1) is 17.0 Å². The van der Waals surface area contributed by atoms with Crippen molar-refractivity contribution in [2.24, 2.45) is 5.10 Å². The van der Waals surface area contributed by atoms with Gasteiger partial charge in [0.2, 0.25) is 5.75 Å². The smallest absolute Gasteiger partial charge is 0.315 e. The van der Waals surface area contributed by atoms with Gasteiger partial charge in [-0.05, 0) is 32.0 Å². The highest BCUT2D eigenvalue weighted by Gasteiger charge is 2.19. The first kappa shape index (κ1) is 19.7. The average Bonchev–Trinajstić information content (AvgIpc) is 2.64. The second-order valence-electron chi connectivity index (χ2n) is 5.66. The predicted molar refractivity (Wildman–Crippen MR) is 98.3 cm³/mol. The van der Waals surface area contributed by atoms with Gasteiger partial charge < -0.3 is 14.6 Å². The first-order valence-electron chi connectivity index (χ1n) is 7.93. The van der Waals surface area contributed by atoms with E-state index in [4.69, 9.17) is 9.47 Å². The van der Waals surface area contributed by atoms with Gasteiger partial charge in [-0.2, -0.15) is 5.10 Å². The topological polar surface area (TPSA) is 123 Å². The molecule has 9 heteroatoms. The molecule has 0 saturated carbocycles. The first-order valence-corrected chi connectivity index (χ1v) is 7.93. The lowest BCUT2D eigenvalue weighted by Crippen LogP contribution is -2.33. The minimum atomic E-state index is -0.798. The number of nitro groups is 1. The molecule has 27 heavy (non-hydrogen) atoms. The van der Waals surface area contributed by atoms with Gasteiger partial charge in [0, 0.05) is 11.6 Å². The standard InChI is InChI=1S/C18H19N3O6/c1-11-4-6-14(7-5-11)27-12(2)18(23)20-19-10-13-8-15(21(24)25)17(22)16(9-13)26-3/h4-10,12,22H,1-3H3,(H,20,23)/b19-10+. The molecule has 0 radical (unpaired) electrons. The van der Waals surface area contributed by atoms with Crippen LogP contribution in [0.5, 0.6) is 17.2 Å². The van der Waals surface area contributed by atoms with Gasteiger partial charge in [-0.25, -0.2) is 5.43 Å². The Hall–Kier alpha value is -3.62. The van der Waals surface area contributed by atoms with Crippen LogP contribution in [0.4, 0.5) is 5.69 Å². The summed E-state index contributed by atoms with van der Waals surface area (Å²) in [5, 5.41) is 24.5. The molecule has 0 heterocycles. The van der Waals surface area contributed by atoms with Crippen LogP contribution < -0.4 is 14.9 Å². The summed E-state index contributed by atoms with van der Waals surface area (Å²) in [6, 6.07) is 9.70. The maximum atomic E-state index is 12.0. The van der Waals surface area contributed by atoms with Crippen molar-refractivity contribution in [3.8, 4) is 17.2 Å². The van der Waals surface area contributed by atoms with Crippen LogP contribution in [0.1, 0.15) is 18.1 Å². The van der Waals surface area contributed by atoms with Gasteiger partial charge in [-0.1, -0.05) is 17.7 Å². The maximum Gasteiger partial charge on any atom is 0.315 e. The maximum absolute atomic E-state index is 12.0. The third-order valence-electron chi connectivity index (χ3n) is 3.59. The second-order valence-corrected chi connectivity index (χ2v) is 5.66. The fourth-order valence-electron chi connectivity index (χ4n) is 2.12. The van der Waals surface area contributed by atoms with Crippen LogP contribution in [0.25, 0.3) is 0 Å². The van der Waals surface area contributed by atoms with E-state index in [2.05, 4.69) is 10.5 Å². The number of carbonyl (C=O) groups excluding carboxylic acids is 1. The van der Waals surface area contributed by atoms with Gasteiger partial charge in [0.25, 0.3) is 5.91 Å². The second kappa shape index (κ2) is 8.65. The summed E-state index contributed by atoms with van der Waals surface area (Å²) >= 11 is 0. The number of aryl methyl sites for hydroxylation is 1. The highest BCUT2D eigenvalue weighted by molar-refractivity contribution is 5.86. The molecule has 1 amide bonds. The Bertz CT molecular complexity index is 864. The van der Waals surface area contributed by atoms with E-state index in [1.54, 1.807) is 19.1 Å². The van der Waals surface area contributed by atoms with Crippen LogP contribution in [0.3, 0.4) is 0 Å². The fraction of sp³-hybridized carbons (Fsp3) is 0.222. The third kappa shape index (κ3) is 5.18. The van der Waals surface area contributed by atoms with Crippen molar-refractivity contribution in [2.75, 3.05) is 7.11 Å². The van der Waals surface area contributed by atoms with E-state index in [0.717, 1.165) is 11.6 Å². The first-order chi connectivity index (χ1) is 12.8. The molecular formula is C18H19N3O6. The zero-order valence-electron chi connectivity index (χ0n) is 15.0. The normalized spacial score (nSPS) is 11.8. The number of nitrogens with zero attached hydrogens (tertiary/aromatic N) is 2. The number of nitrogens with one attached hydrogen (secondary N) is 1. The lowest BCUT2D eigenvalue weighted by Gasteiger charge is -2.13. The number of nitro benzene ring substituents is 1. The third-order valence-corrected chi connectivity index (χ3v) is 3.59. The number of benzene rings is 2. The van der Waals surface area contributed by atoms with Gasteiger partial charge in [0.05, 0.1) is 18.2 Å². The van der Waals surface area contributed by atoms with Crippen LogP contribution in [-0.4, -0.2) is 35.4 Å². The zero-order chi connectivity index (χ0) is 20.0. The molecule has 1 atom stereocenters. The SMILES string of the molecule is COc1cc(/C=N/NC(=O)C(C)Oc2ccc(C)cc2)cc([N+](=O)[O-])c1O. The monoisotopic (exact) mass is 373 g/mol. The number of methoxy groups -OCH3 is 1. The van der Waals surface area contributed by atoms with E-state index >= 15 is 0 Å². The lowest BCUT2D eigenvalue weighted by atomic mass is 10.2. The molecule has 2 aromatic carbocycles. The zero-order valence-corrected chi connectivity index (χ0v) is 15.0. The molecule has 1 unspecified atom stereocenters. The quantitative estimate of drug-likeness (QED) is 0.437. The molecule has 0 spiro atoms. The fourth-order valence-corrected chi connectivity index (χ4v) is 2.12. The van der Waals surface area contributed by atoms with Crippen molar-refractivity contribution in [2.45, 2.75) is 20.0 Å². The molecule has 2 rings (SSSR count). The van der Waals surface area contributed by atoms with Crippen LogP contribution in [-0.2, 0) is 4.79 Å². The van der Waals surface area contributed by atoms with Gasteiger partial charge in [-0.3, -0.25) is 14.9 Å². The van der Waals surface area contributed by atoms with Crippen molar-refractivity contribution in [3.05, 3.63) is 57.6 Å². The van der Waals surface area contributed by atoms with E-state index in [1.807, 2.05) is 19.1 Å². The van der Waals surface area contributed by atoms with Crippen molar-refractivity contribution in [3.63, 3.8) is 0 Å². The Balaban J connectivity index is 2.03. The minimum Gasteiger partial charge on any atom is -0.500 e. The summed E-state index contributed by atoms with van der Waals surface area (Å²) in [7, 11) is 1.27. The van der Waals surface area contributed by atoms with E-state index in [-0.39, 0.29) is 11.3 Å². The highest BCUT2D eigenvalue weighted by Crippen LogP contribution is 2.36. The van der Waals surface area contributed by atoms with Gasteiger partial charge in [-0.15, -0.1) is 0 Å². The van der Waals surface area contributed by atoms with Crippen LogP contribution in [0.2, 0.25) is 0 Å². The molecule has 2 N–H and O–H groups in total. The Morgan fingerprint density at radius 2 is 2.00 bits per heavy atom. The molecule has 0 aliphatic rings. The predicted octanol–water partition coefficient (Wildman–Crippen LogP) is 2.54. The molecule has 0 saturated heterocycles. The molecule has 0 aromatic heterocycles. The van der Waals surface area contributed by atoms with E-state index < -0.39 is 28.4 Å². The summed E-state index contributed by atoms with van der Waals surface area (Å²) in [5.74, 6) is -0.602. The molecule has 2 aromatic rings. The molecule has 0 bridgehead atoms. The molecule has 0 aliphatic carbocycles. The number of rotatable bonds is 7. The number of hydrogen-bond donors (Lipinski definition) is 2. The Labute approximate surface area is 155 Å². The van der Waals surface area contributed by atoms with Gasteiger partial charge in [0.15, 0.2) is 11.9 Å². The molecule has 142 valence electrons. The number of aromatic hydroxyl groups is 1. The number of phenols is 1. The van der Waals surface area contributed by atoms with Crippen molar-refractivity contribution < 1.29 is 24.3 Å². The highest BCUT2D eigenvalue weighted by atomic mass is 16.6. The summed E-state index contributed by atoms with van der Waals surface area (Å²) in [4.78, 5) is 22.3. The van der Waals surface area contributed by atoms with Gasteiger partial charge in [0.1, 0.15) is 5.75 Å². The summed E-state index contributed by atoms with van der Waals surface area (Å²) in [6.45, 7) is 3.51. The van der Waals surface area contributed by atoms with Crippen molar-refractivity contribution in [1.82, 2.24) is 5.43 Å². The van der Waals surface area contributed by atoms with E-state index in [1.165, 1.54) is 19.4 Å². The van der Waals surface area contributed by atoms with Crippen LogP contribution >= 0.6 is 0 Å². The van der Waals surface area contributed by atoms with Gasteiger partial charge >= 0.3 is 5.69 Å². The van der Waals surface area contributed by atoms with E-state index in [0.29, 0.717) is 5.75 Å². The van der Waals surface area contributed by atoms with Crippen LogP contribution in [0.15, 0.2) is 41.5 Å². The molecular weight excluding hydrogens is 354 g/mol. The summed E-state index contributed by atoms with van der Waals surface area (Å²) < 4.78 is 10.4. The van der Waals surface area contributed by atoms with E-state index in [9.17, 15) is 20.0 Å². The Kier molecular flexibility index (Phi) is 6.32. The largest absolute Gasteiger partial charge is 0.500 e. The number of hydrazone groups is 1. The number of ether oxygens (including phenoxy) is 2. The van der Waals surface area contributed by atoms with Crippen molar-refractivity contribution >= 4 is 17.8 Å². The Morgan fingerprint density at radius 3 is 2.59 bits per heavy atom. The number of hydrogen-bond acceptors (Lipinski definition) is 7. The lowest BCUT2D eigenvalue weighted by molar-refractivity contribution is -0.386. The summed E-state index contributed by atoms with van der Waals surface area (Å²) in [6.07, 6.45) is 0.402. The number of amides is 1.